The number of hydrogen-bond acceptors (Lipinski definition) is 2. The summed E-state index contributed by atoms with van der Waals surface area (Å²) in [5.74, 6) is -1.38. The highest BCUT2D eigenvalue weighted by atomic mass is 19.4. The lowest BCUT2D eigenvalue weighted by Crippen LogP contribution is -2.35. The van der Waals surface area contributed by atoms with Crippen molar-refractivity contribution in [1.29, 1.82) is 0 Å². The molecule has 1 rings (SSSR count). The third kappa shape index (κ3) is 4.51. The van der Waals surface area contributed by atoms with Gasteiger partial charge in [0.1, 0.15) is 0 Å². The molecule has 0 spiro atoms. The van der Waals surface area contributed by atoms with Crippen LogP contribution in [0.3, 0.4) is 0 Å². The molecule has 0 bridgehead atoms. The lowest BCUT2D eigenvalue weighted by atomic mass is 10.0. The molecule has 0 aromatic heterocycles. The first-order valence-electron chi connectivity index (χ1n) is 4.90. The minimum Gasteiger partial charge on any atom is -0.481 e. The maximum Gasteiger partial charge on any atom is 0.401 e. The Bertz CT molecular complexity index is 230. The minimum absolute atomic E-state index is 0.219. The van der Waals surface area contributed by atoms with Gasteiger partial charge in [-0.3, -0.25) is 9.69 Å². The highest BCUT2D eigenvalue weighted by molar-refractivity contribution is 5.69. The van der Waals surface area contributed by atoms with E-state index >= 15 is 0 Å². The summed E-state index contributed by atoms with van der Waals surface area (Å²) in [5, 5.41) is 8.74. The van der Waals surface area contributed by atoms with Crippen LogP contribution in [-0.2, 0) is 4.79 Å². The topological polar surface area (TPSA) is 40.5 Å². The summed E-state index contributed by atoms with van der Waals surface area (Å²) in [6.07, 6.45) is -2.88. The van der Waals surface area contributed by atoms with Gasteiger partial charge in [0, 0.05) is 0 Å². The number of carbonyl (C=O) groups is 1. The maximum atomic E-state index is 12.1. The van der Waals surface area contributed by atoms with Crippen LogP contribution in [0.1, 0.15) is 19.3 Å². The third-order valence-corrected chi connectivity index (χ3v) is 2.57. The predicted molar refractivity (Wildman–Crippen MR) is 47.5 cm³/mol. The largest absolute Gasteiger partial charge is 0.481 e. The molecule has 1 unspecified atom stereocenters. The van der Waals surface area contributed by atoms with Gasteiger partial charge in [-0.15, -0.1) is 0 Å². The molecule has 0 radical (unpaired) electrons. The van der Waals surface area contributed by atoms with E-state index in [0.29, 0.717) is 25.8 Å². The van der Waals surface area contributed by atoms with E-state index in [4.69, 9.17) is 5.11 Å². The molecule has 1 atom stereocenters. The van der Waals surface area contributed by atoms with Crippen molar-refractivity contribution in [2.45, 2.75) is 25.4 Å². The predicted octanol–water partition coefficient (Wildman–Crippen LogP) is 1.74. The van der Waals surface area contributed by atoms with Crippen LogP contribution in [0, 0.1) is 5.92 Å². The number of aliphatic carboxylic acids is 1. The fourth-order valence-electron chi connectivity index (χ4n) is 1.81. The van der Waals surface area contributed by atoms with E-state index < -0.39 is 24.6 Å². The molecule has 3 nitrogen and oxygen atoms in total. The number of likely N-dealkylation sites (tertiary alicyclic amines) is 1. The van der Waals surface area contributed by atoms with Gasteiger partial charge in [0.15, 0.2) is 0 Å². The number of carboxylic acid groups (broad SMARTS) is 1. The van der Waals surface area contributed by atoms with Crippen LogP contribution in [0.25, 0.3) is 0 Å². The zero-order chi connectivity index (χ0) is 11.5. The van der Waals surface area contributed by atoms with Crippen molar-refractivity contribution in [3.63, 3.8) is 0 Å². The van der Waals surface area contributed by atoms with Crippen molar-refractivity contribution in [3.05, 3.63) is 0 Å². The Hall–Kier alpha value is -0.780. The normalized spacial score (nSPS) is 24.9. The van der Waals surface area contributed by atoms with Crippen LogP contribution in [0.15, 0.2) is 0 Å². The first-order valence-corrected chi connectivity index (χ1v) is 4.90. The van der Waals surface area contributed by atoms with E-state index in [2.05, 4.69) is 0 Å². The van der Waals surface area contributed by atoms with E-state index in [1.165, 1.54) is 4.90 Å². The lowest BCUT2D eigenvalue weighted by Gasteiger charge is -2.21. The zero-order valence-electron chi connectivity index (χ0n) is 8.26. The van der Waals surface area contributed by atoms with Gasteiger partial charge in [-0.05, 0) is 32.4 Å². The summed E-state index contributed by atoms with van der Waals surface area (Å²) in [4.78, 5) is 11.9. The van der Waals surface area contributed by atoms with Gasteiger partial charge >= 0.3 is 12.1 Å². The van der Waals surface area contributed by atoms with Gasteiger partial charge in [0.05, 0.1) is 12.5 Å². The first-order chi connectivity index (χ1) is 6.88. The molecule has 15 heavy (non-hydrogen) atoms. The van der Waals surface area contributed by atoms with Gasteiger partial charge in [0.25, 0.3) is 0 Å². The van der Waals surface area contributed by atoms with Crippen LogP contribution >= 0.6 is 0 Å². The fourth-order valence-corrected chi connectivity index (χ4v) is 1.81. The van der Waals surface area contributed by atoms with Crippen molar-refractivity contribution in [2.24, 2.45) is 5.92 Å². The van der Waals surface area contributed by atoms with Crippen molar-refractivity contribution < 1.29 is 23.1 Å². The molecule has 1 fully saturated rings. The van der Waals surface area contributed by atoms with Crippen molar-refractivity contribution in [3.8, 4) is 0 Å². The van der Waals surface area contributed by atoms with E-state index in [0.717, 1.165) is 0 Å². The fraction of sp³-hybridized carbons (Fsp3) is 0.889. The summed E-state index contributed by atoms with van der Waals surface area (Å²) >= 11 is 0. The summed E-state index contributed by atoms with van der Waals surface area (Å²) in [7, 11) is 0. The van der Waals surface area contributed by atoms with Crippen molar-refractivity contribution >= 4 is 5.97 Å². The molecule has 1 N–H and O–H groups in total. The van der Waals surface area contributed by atoms with Crippen LogP contribution in [-0.4, -0.2) is 41.8 Å². The highest BCUT2D eigenvalue weighted by Gasteiger charge is 2.32. The Morgan fingerprint density at radius 2 is 2.00 bits per heavy atom. The number of nitrogens with zero attached hydrogens (tertiary/aromatic N) is 1. The van der Waals surface area contributed by atoms with Crippen LogP contribution in [0.4, 0.5) is 13.2 Å². The summed E-state index contributed by atoms with van der Waals surface area (Å²) < 4.78 is 36.2. The van der Waals surface area contributed by atoms with Gasteiger partial charge < -0.3 is 5.11 Å². The monoisotopic (exact) mass is 225 g/mol. The number of rotatable bonds is 2. The van der Waals surface area contributed by atoms with Gasteiger partial charge in [-0.25, -0.2) is 0 Å². The molecule has 0 amide bonds. The number of halogens is 3. The SMILES string of the molecule is O=C(O)C1CCCN(CC(F)(F)F)CC1. The Labute approximate surface area is 85.9 Å². The standard InChI is InChI=1S/C9H14F3NO2/c10-9(11,12)6-13-4-1-2-7(3-5-13)8(14)15/h7H,1-6H2,(H,14,15). The van der Waals surface area contributed by atoms with Crippen LogP contribution in [0.5, 0.6) is 0 Å². The first kappa shape index (κ1) is 12.3. The molecule has 1 aliphatic heterocycles. The Morgan fingerprint density at radius 1 is 1.33 bits per heavy atom. The van der Waals surface area contributed by atoms with Gasteiger partial charge in [0.2, 0.25) is 0 Å². The van der Waals surface area contributed by atoms with Crippen molar-refractivity contribution in [2.75, 3.05) is 19.6 Å². The second-order valence-corrected chi connectivity index (χ2v) is 3.86. The van der Waals surface area contributed by atoms with E-state index in [1.807, 2.05) is 0 Å². The molecular formula is C9H14F3NO2. The zero-order valence-corrected chi connectivity index (χ0v) is 8.26. The lowest BCUT2D eigenvalue weighted by molar-refractivity contribution is -0.146. The molecule has 1 saturated heterocycles. The Morgan fingerprint density at radius 3 is 2.53 bits per heavy atom. The average Bonchev–Trinajstić information content (AvgIpc) is 2.26. The average molecular weight is 225 g/mol. The summed E-state index contributed by atoms with van der Waals surface area (Å²) in [5.41, 5.74) is 0. The molecule has 88 valence electrons. The minimum atomic E-state index is -4.19. The third-order valence-electron chi connectivity index (χ3n) is 2.57. The molecule has 6 heteroatoms. The van der Waals surface area contributed by atoms with Crippen molar-refractivity contribution in [1.82, 2.24) is 4.90 Å². The number of alkyl halides is 3. The van der Waals surface area contributed by atoms with E-state index in [9.17, 15) is 18.0 Å². The molecule has 0 aromatic carbocycles. The molecular weight excluding hydrogens is 211 g/mol. The maximum absolute atomic E-state index is 12.1. The van der Waals surface area contributed by atoms with Gasteiger partial charge in [-0.1, -0.05) is 0 Å². The second-order valence-electron chi connectivity index (χ2n) is 3.86. The van der Waals surface area contributed by atoms with Gasteiger partial charge in [-0.2, -0.15) is 13.2 Å². The number of carboxylic acids is 1. The second kappa shape index (κ2) is 4.83. The molecule has 0 aliphatic carbocycles. The molecule has 1 aliphatic rings. The highest BCUT2D eigenvalue weighted by Crippen LogP contribution is 2.22. The van der Waals surface area contributed by atoms with E-state index in [-0.39, 0.29) is 6.54 Å². The van der Waals surface area contributed by atoms with E-state index in [1.54, 1.807) is 0 Å². The Balaban J connectivity index is 2.42. The summed E-state index contributed by atoms with van der Waals surface area (Å²) in [6.45, 7) is -0.376. The molecule has 0 aromatic rings. The Kier molecular flexibility index (Phi) is 3.96. The van der Waals surface area contributed by atoms with Crippen LogP contribution < -0.4 is 0 Å². The van der Waals surface area contributed by atoms with Crippen LogP contribution in [0.2, 0.25) is 0 Å². The molecule has 0 saturated carbocycles. The quantitative estimate of drug-likeness (QED) is 0.778. The summed E-state index contributed by atoms with van der Waals surface area (Å²) in [6, 6.07) is 0. The molecule has 1 heterocycles. The smallest absolute Gasteiger partial charge is 0.401 e. The number of hydrogen-bond donors (Lipinski definition) is 1.